The van der Waals surface area contributed by atoms with E-state index in [-0.39, 0.29) is 21.1 Å². The Kier molecular flexibility index (Phi) is 9.21. The first-order valence-electron chi connectivity index (χ1n) is 16.1. The van der Waals surface area contributed by atoms with Crippen LogP contribution in [0.5, 0.6) is 11.5 Å². The second kappa shape index (κ2) is 13.3. The summed E-state index contributed by atoms with van der Waals surface area (Å²) in [5, 5.41) is 7.28. The molecular formula is C41H38N4OPt. The minimum atomic E-state index is 0. The van der Waals surface area contributed by atoms with Crippen molar-refractivity contribution < 1.29 is 25.8 Å². The zero-order valence-corrected chi connectivity index (χ0v) is 29.9. The summed E-state index contributed by atoms with van der Waals surface area (Å²) in [7, 11) is 0. The van der Waals surface area contributed by atoms with Crippen LogP contribution in [0.15, 0.2) is 91.1 Å². The number of ether oxygens (including phenoxy) is 1. The molecule has 0 radical (unpaired) electrons. The first kappa shape index (κ1) is 32.5. The van der Waals surface area contributed by atoms with Gasteiger partial charge in [0.15, 0.2) is 0 Å². The van der Waals surface area contributed by atoms with Crippen LogP contribution >= 0.6 is 0 Å². The van der Waals surface area contributed by atoms with Gasteiger partial charge in [-0.25, -0.2) is 4.98 Å². The largest absolute Gasteiger partial charge is 2.00 e. The van der Waals surface area contributed by atoms with E-state index in [9.17, 15) is 0 Å². The molecule has 0 saturated heterocycles. The fraction of sp³-hybridized carbons (Fsp3) is 0.220. The van der Waals surface area contributed by atoms with Crippen molar-refractivity contribution in [1.29, 1.82) is 0 Å². The Morgan fingerprint density at radius 2 is 1.64 bits per heavy atom. The van der Waals surface area contributed by atoms with Crippen LogP contribution in [0.3, 0.4) is 0 Å². The normalized spacial score (nSPS) is 11.4. The SMILES string of the molecule is CCCc1ccc2c(c1)c1ccc(Oc3[c-]c(-n4nc(C)c(-c5ccccc5)c4C)cc(C(C)C)c3)[c-]c1n2-c1cc(C)ccn1.[Pt+2]. The maximum absolute atomic E-state index is 6.59. The second-order valence-corrected chi connectivity index (χ2v) is 12.5. The molecule has 3 heterocycles. The summed E-state index contributed by atoms with van der Waals surface area (Å²) in [5.41, 5.74) is 10.9. The maximum atomic E-state index is 6.59. The van der Waals surface area contributed by atoms with E-state index in [2.05, 4.69) is 125 Å². The van der Waals surface area contributed by atoms with Crippen molar-refractivity contribution in [2.24, 2.45) is 0 Å². The molecule has 7 aromatic rings. The average molecular weight is 798 g/mol. The van der Waals surface area contributed by atoms with E-state index in [4.69, 9.17) is 14.8 Å². The number of hydrogen-bond acceptors (Lipinski definition) is 3. The molecule has 0 spiro atoms. The molecule has 0 N–H and O–H groups in total. The van der Waals surface area contributed by atoms with E-state index in [1.165, 1.54) is 10.9 Å². The van der Waals surface area contributed by atoms with Gasteiger partial charge in [-0.2, -0.15) is 11.2 Å². The Bertz CT molecular complexity index is 2210. The molecule has 6 heteroatoms. The Hall–Kier alpha value is -4.47. The molecule has 5 nitrogen and oxygen atoms in total. The van der Waals surface area contributed by atoms with Crippen LogP contribution in [-0.2, 0) is 27.5 Å². The monoisotopic (exact) mass is 797 g/mol. The minimum Gasteiger partial charge on any atom is -0.509 e. The summed E-state index contributed by atoms with van der Waals surface area (Å²) in [4.78, 5) is 4.76. The van der Waals surface area contributed by atoms with Gasteiger partial charge in [0.2, 0.25) is 0 Å². The standard InChI is InChI=1S/C41H38N4O.Pt/c1-7-11-30-14-17-38-37(21-30)36-16-15-34(25-39(36)44(38)40-20-27(4)18-19-42-40)46-35-23-32(26(2)3)22-33(24-35)45-29(6)41(28(5)43-45)31-12-9-8-10-13-31;/h8-10,12-23,26H,7,11H2,1-6H3;/q-2;+2. The third-order valence-corrected chi connectivity index (χ3v) is 8.70. The van der Waals surface area contributed by atoms with E-state index >= 15 is 0 Å². The quantitative estimate of drug-likeness (QED) is 0.144. The molecule has 0 amide bonds. The van der Waals surface area contributed by atoms with Crippen molar-refractivity contribution in [2.75, 3.05) is 0 Å². The van der Waals surface area contributed by atoms with Gasteiger partial charge >= 0.3 is 21.1 Å². The Morgan fingerprint density at radius 3 is 2.38 bits per heavy atom. The number of nitrogens with zero attached hydrogens (tertiary/aromatic N) is 4. The molecule has 0 aliphatic carbocycles. The predicted octanol–water partition coefficient (Wildman–Crippen LogP) is 10.4. The molecule has 0 fully saturated rings. The zero-order valence-electron chi connectivity index (χ0n) is 27.7. The molecule has 0 unspecified atom stereocenters. The van der Waals surface area contributed by atoms with Crippen LogP contribution in [-0.4, -0.2) is 19.3 Å². The Labute approximate surface area is 291 Å². The van der Waals surface area contributed by atoms with Crippen LogP contribution in [0.2, 0.25) is 0 Å². The number of hydrogen-bond donors (Lipinski definition) is 0. The van der Waals surface area contributed by atoms with Gasteiger partial charge in [0.05, 0.1) is 5.69 Å². The van der Waals surface area contributed by atoms with Crippen molar-refractivity contribution in [3.05, 3.63) is 131 Å². The molecule has 3 aromatic heterocycles. The number of fused-ring (bicyclic) bond motifs is 3. The number of benzene rings is 4. The van der Waals surface area contributed by atoms with Gasteiger partial charge in [0.25, 0.3) is 0 Å². The maximum Gasteiger partial charge on any atom is 2.00 e. The number of aryl methyl sites for hydroxylation is 3. The summed E-state index contributed by atoms with van der Waals surface area (Å²) in [6, 6.07) is 36.8. The second-order valence-electron chi connectivity index (χ2n) is 12.5. The van der Waals surface area contributed by atoms with Crippen LogP contribution in [0.4, 0.5) is 0 Å². The van der Waals surface area contributed by atoms with Crippen LogP contribution in [0, 0.1) is 32.9 Å². The fourth-order valence-electron chi connectivity index (χ4n) is 6.43. The molecular weight excluding hydrogens is 760 g/mol. The van der Waals surface area contributed by atoms with Gasteiger partial charge in [-0.15, -0.1) is 41.3 Å². The topological polar surface area (TPSA) is 44.9 Å². The zero-order chi connectivity index (χ0) is 31.9. The molecule has 0 saturated carbocycles. The van der Waals surface area contributed by atoms with E-state index < -0.39 is 0 Å². The van der Waals surface area contributed by atoms with Gasteiger partial charge in [-0.3, -0.25) is 4.68 Å². The molecule has 0 atom stereocenters. The van der Waals surface area contributed by atoms with Gasteiger partial charge in [0, 0.05) is 34.5 Å². The summed E-state index contributed by atoms with van der Waals surface area (Å²) in [5.74, 6) is 2.41. The van der Waals surface area contributed by atoms with Crippen molar-refractivity contribution in [3.8, 4) is 34.1 Å². The molecule has 7 rings (SSSR count). The van der Waals surface area contributed by atoms with Gasteiger partial charge in [0.1, 0.15) is 5.82 Å². The van der Waals surface area contributed by atoms with Crippen molar-refractivity contribution in [2.45, 2.75) is 60.3 Å². The Balaban J connectivity index is 0.00000386. The predicted molar refractivity (Wildman–Crippen MR) is 188 cm³/mol. The van der Waals surface area contributed by atoms with E-state index in [1.807, 2.05) is 29.1 Å². The number of pyridine rings is 1. The summed E-state index contributed by atoms with van der Waals surface area (Å²) in [6.45, 7) is 12.9. The fourth-order valence-corrected chi connectivity index (χ4v) is 6.43. The summed E-state index contributed by atoms with van der Waals surface area (Å²) < 4.78 is 10.8. The summed E-state index contributed by atoms with van der Waals surface area (Å²) >= 11 is 0. The molecule has 0 bridgehead atoms. The van der Waals surface area contributed by atoms with Gasteiger partial charge in [-0.05, 0) is 79.1 Å². The average Bonchev–Trinajstić information content (AvgIpc) is 3.53. The molecule has 0 aliphatic heterocycles. The van der Waals surface area contributed by atoms with E-state index in [0.717, 1.165) is 74.4 Å². The first-order chi connectivity index (χ1) is 22.3. The number of aromatic nitrogens is 4. The van der Waals surface area contributed by atoms with Crippen LogP contribution < -0.4 is 4.74 Å². The number of rotatable bonds is 8. The van der Waals surface area contributed by atoms with Crippen molar-refractivity contribution in [3.63, 3.8) is 0 Å². The molecule has 0 aliphatic rings. The molecule has 238 valence electrons. The molecule has 47 heavy (non-hydrogen) atoms. The first-order valence-corrected chi connectivity index (χ1v) is 16.1. The molecule has 4 aromatic carbocycles. The summed E-state index contributed by atoms with van der Waals surface area (Å²) in [6.07, 6.45) is 4.01. The Morgan fingerprint density at radius 1 is 0.830 bits per heavy atom. The van der Waals surface area contributed by atoms with Gasteiger partial charge in [-0.1, -0.05) is 75.2 Å². The van der Waals surface area contributed by atoms with Crippen molar-refractivity contribution >= 4 is 21.8 Å². The third-order valence-electron chi connectivity index (χ3n) is 8.70. The van der Waals surface area contributed by atoms with Crippen LogP contribution in [0.1, 0.15) is 61.2 Å². The van der Waals surface area contributed by atoms with E-state index in [0.29, 0.717) is 17.4 Å². The van der Waals surface area contributed by atoms with E-state index in [1.54, 1.807) is 0 Å². The smallest absolute Gasteiger partial charge is 0.509 e. The van der Waals surface area contributed by atoms with Gasteiger partial charge < -0.3 is 9.30 Å². The van der Waals surface area contributed by atoms with Crippen molar-refractivity contribution in [1.82, 2.24) is 19.3 Å². The van der Waals surface area contributed by atoms with Crippen LogP contribution in [0.25, 0.3) is 44.4 Å². The third kappa shape index (κ3) is 6.17. The minimum absolute atomic E-state index is 0.